The van der Waals surface area contributed by atoms with E-state index >= 15 is 0 Å². The molecule has 0 atom stereocenters. The fourth-order valence-corrected chi connectivity index (χ4v) is 6.62. The normalized spacial score (nSPS) is 17.4. The molecule has 0 saturated carbocycles. The zero-order chi connectivity index (χ0) is 37.5. The third-order valence-electron chi connectivity index (χ3n) is 9.36. The van der Waals surface area contributed by atoms with Crippen molar-refractivity contribution < 1.29 is 31.4 Å². The Morgan fingerprint density at radius 2 is 0.846 bits per heavy atom. The van der Waals surface area contributed by atoms with Gasteiger partial charge < -0.3 is 25.1 Å². The van der Waals surface area contributed by atoms with Gasteiger partial charge in [0.05, 0.1) is 23.7 Å². The molecule has 0 bridgehead atoms. The molecule has 3 fully saturated rings. The molecule has 3 aliphatic rings. The van der Waals surface area contributed by atoms with E-state index in [0.29, 0.717) is 42.6 Å². The number of hydrogen-bond donors (Lipinski definition) is 2. The maximum absolute atomic E-state index is 13.6. The molecule has 3 heterocycles. The van der Waals surface area contributed by atoms with Crippen LogP contribution < -0.4 is 20.0 Å². The highest BCUT2D eigenvalue weighted by Crippen LogP contribution is 2.23. The van der Waals surface area contributed by atoms with Crippen LogP contribution in [0.2, 0.25) is 0 Å². The molecule has 3 aromatic carbocycles. The van der Waals surface area contributed by atoms with Gasteiger partial charge in [0.1, 0.15) is 34.9 Å². The van der Waals surface area contributed by atoms with Crippen molar-refractivity contribution in [2.75, 3.05) is 139 Å². The molecular formula is C37H50ClF6N7O. The van der Waals surface area contributed by atoms with E-state index in [9.17, 15) is 26.3 Å². The molecule has 15 heteroatoms. The van der Waals surface area contributed by atoms with Crippen LogP contribution in [-0.2, 0) is 0 Å². The summed E-state index contributed by atoms with van der Waals surface area (Å²) in [6.45, 7) is 13.2. The summed E-state index contributed by atoms with van der Waals surface area (Å²) in [5, 5.41) is 11.9. The number of halogens is 7. The van der Waals surface area contributed by atoms with E-state index in [0.717, 1.165) is 103 Å². The van der Waals surface area contributed by atoms with Crippen molar-refractivity contribution in [3.8, 4) is 0 Å². The van der Waals surface area contributed by atoms with Crippen LogP contribution in [0.1, 0.15) is 0 Å². The number of benzene rings is 3. The topological polar surface area (TPSA) is 51.7 Å². The van der Waals surface area contributed by atoms with Gasteiger partial charge in [0.15, 0.2) is 0 Å². The van der Waals surface area contributed by atoms with E-state index in [-0.39, 0.29) is 6.61 Å². The minimum Gasteiger partial charge on any atom is -0.395 e. The highest BCUT2D eigenvalue weighted by atomic mass is 35.5. The molecule has 0 spiro atoms. The lowest BCUT2D eigenvalue weighted by Crippen LogP contribution is -2.48. The first-order valence-corrected chi connectivity index (χ1v) is 18.2. The van der Waals surface area contributed by atoms with Gasteiger partial charge in [-0.05, 0) is 43.4 Å². The minimum atomic E-state index is -0.551. The van der Waals surface area contributed by atoms with Crippen LogP contribution in [0.25, 0.3) is 0 Å². The first-order valence-electron chi connectivity index (χ1n) is 17.7. The van der Waals surface area contributed by atoms with Crippen LogP contribution in [0.4, 0.5) is 43.4 Å². The standard InChI is InChI=1S/C13H19F2N3.C12H15ClF2N2.C12H16F2N2O/c1-16-4-5-17-6-8-18(9-7-17)13-3-2-11(14)10-12(13)15;13-3-4-16-5-7-17(8-6-16)12-2-1-10(14)9-11(12)15;13-10-1-2-12(11(14)9-10)16-5-3-15(4-6-16)7-8-17/h2-3,10,16H,4-9H2,1H3;1-2,9H,3-8H2;1-2,9,17H,3-8H2. The smallest absolute Gasteiger partial charge is 0.149 e. The number of nitrogens with one attached hydrogen (secondary N) is 1. The molecular weight excluding hydrogens is 708 g/mol. The molecule has 0 aliphatic carbocycles. The van der Waals surface area contributed by atoms with Crippen molar-refractivity contribution in [1.82, 2.24) is 20.0 Å². The Kier molecular flexibility index (Phi) is 17.1. The molecule has 288 valence electrons. The van der Waals surface area contributed by atoms with Crippen LogP contribution >= 0.6 is 11.6 Å². The Morgan fingerprint density at radius 1 is 0.519 bits per heavy atom. The van der Waals surface area contributed by atoms with Gasteiger partial charge in [-0.3, -0.25) is 14.7 Å². The number of hydrogen-bond acceptors (Lipinski definition) is 8. The van der Waals surface area contributed by atoms with E-state index in [1.165, 1.54) is 36.4 Å². The molecule has 52 heavy (non-hydrogen) atoms. The molecule has 3 saturated heterocycles. The zero-order valence-electron chi connectivity index (χ0n) is 29.7. The Balaban J connectivity index is 0.000000175. The number of likely N-dealkylation sites (N-methyl/N-ethyl adjacent to an activating group) is 1. The number of aliphatic hydroxyl groups excluding tert-OH is 1. The van der Waals surface area contributed by atoms with Gasteiger partial charge in [0.2, 0.25) is 0 Å². The molecule has 3 aliphatic heterocycles. The maximum Gasteiger partial charge on any atom is 0.149 e. The summed E-state index contributed by atoms with van der Waals surface area (Å²) >= 11 is 5.67. The zero-order valence-corrected chi connectivity index (χ0v) is 30.5. The number of aliphatic hydroxyl groups is 1. The van der Waals surface area contributed by atoms with Crippen LogP contribution in [0.15, 0.2) is 54.6 Å². The third-order valence-corrected chi connectivity index (χ3v) is 9.53. The highest BCUT2D eigenvalue weighted by molar-refractivity contribution is 6.18. The fraction of sp³-hybridized carbons (Fsp3) is 0.514. The first kappa shape index (κ1) is 41.5. The summed E-state index contributed by atoms with van der Waals surface area (Å²) in [6, 6.07) is 11.2. The largest absolute Gasteiger partial charge is 0.395 e. The predicted molar refractivity (Wildman–Crippen MR) is 197 cm³/mol. The number of nitrogens with zero attached hydrogens (tertiary/aromatic N) is 6. The van der Waals surface area contributed by atoms with Gasteiger partial charge >= 0.3 is 0 Å². The third kappa shape index (κ3) is 12.7. The summed E-state index contributed by atoms with van der Waals surface area (Å²) in [4.78, 5) is 12.5. The van der Waals surface area contributed by atoms with E-state index in [2.05, 4.69) is 20.0 Å². The fourth-order valence-electron chi connectivity index (χ4n) is 6.38. The van der Waals surface area contributed by atoms with E-state index < -0.39 is 34.9 Å². The quantitative estimate of drug-likeness (QED) is 0.228. The van der Waals surface area contributed by atoms with Gasteiger partial charge in [-0.1, -0.05) is 0 Å². The molecule has 0 amide bonds. The molecule has 6 rings (SSSR count). The second-order valence-electron chi connectivity index (χ2n) is 12.8. The number of alkyl halides is 1. The van der Waals surface area contributed by atoms with Crippen molar-refractivity contribution in [3.63, 3.8) is 0 Å². The molecule has 8 nitrogen and oxygen atoms in total. The average molecular weight is 758 g/mol. The molecule has 2 N–H and O–H groups in total. The SMILES string of the molecule is CNCCN1CCN(c2ccc(F)cc2F)CC1.Fc1ccc(N2CCN(CCCl)CC2)c(F)c1.OCCN1CCN(c2ccc(F)cc2F)CC1. The second-order valence-corrected chi connectivity index (χ2v) is 13.2. The monoisotopic (exact) mass is 757 g/mol. The van der Waals surface area contributed by atoms with Gasteiger partial charge in [0, 0.05) is 129 Å². The van der Waals surface area contributed by atoms with Crippen LogP contribution in [0.5, 0.6) is 0 Å². The average Bonchev–Trinajstić information content (AvgIpc) is 3.13. The van der Waals surface area contributed by atoms with Gasteiger partial charge in [-0.25, -0.2) is 26.3 Å². The van der Waals surface area contributed by atoms with Crippen molar-refractivity contribution >= 4 is 28.7 Å². The lowest BCUT2D eigenvalue weighted by molar-refractivity contribution is 0.188. The molecule has 0 radical (unpaired) electrons. The maximum atomic E-state index is 13.6. The van der Waals surface area contributed by atoms with E-state index in [4.69, 9.17) is 16.7 Å². The second kappa shape index (κ2) is 21.4. The molecule has 3 aromatic rings. The summed E-state index contributed by atoms with van der Waals surface area (Å²) in [5.41, 5.74) is 1.44. The number of anilines is 3. The number of piperazine rings is 3. The van der Waals surface area contributed by atoms with Crippen molar-refractivity contribution in [3.05, 3.63) is 89.5 Å². The molecule has 0 unspecified atom stereocenters. The Labute approximate surface area is 308 Å². The lowest BCUT2D eigenvalue weighted by Gasteiger charge is -2.36. The predicted octanol–water partition coefficient (Wildman–Crippen LogP) is 4.71. The van der Waals surface area contributed by atoms with E-state index in [1.807, 2.05) is 21.7 Å². The minimum absolute atomic E-state index is 0.144. The van der Waals surface area contributed by atoms with Crippen LogP contribution in [0.3, 0.4) is 0 Å². The summed E-state index contributed by atoms with van der Waals surface area (Å²) in [7, 11) is 1.93. The van der Waals surface area contributed by atoms with Gasteiger partial charge in [0.25, 0.3) is 0 Å². The lowest BCUT2D eigenvalue weighted by atomic mass is 10.2. The first-order chi connectivity index (χ1) is 25.1. The summed E-state index contributed by atoms with van der Waals surface area (Å²) < 4.78 is 79.2. The highest BCUT2D eigenvalue weighted by Gasteiger charge is 2.21. The van der Waals surface area contributed by atoms with Gasteiger partial charge in [-0.2, -0.15) is 0 Å². The number of rotatable bonds is 10. The van der Waals surface area contributed by atoms with E-state index in [1.54, 1.807) is 0 Å². The summed E-state index contributed by atoms with van der Waals surface area (Å²) in [6.07, 6.45) is 0. The van der Waals surface area contributed by atoms with Crippen molar-refractivity contribution in [2.45, 2.75) is 0 Å². The summed E-state index contributed by atoms with van der Waals surface area (Å²) in [5.74, 6) is -2.47. The Bertz CT molecular complexity index is 1430. The van der Waals surface area contributed by atoms with Crippen LogP contribution in [0, 0.1) is 34.9 Å². The van der Waals surface area contributed by atoms with Crippen molar-refractivity contribution in [2.24, 2.45) is 0 Å². The Morgan fingerprint density at radius 3 is 1.13 bits per heavy atom. The van der Waals surface area contributed by atoms with Crippen LogP contribution in [-0.4, -0.2) is 144 Å². The molecule has 0 aromatic heterocycles. The Hall–Kier alpha value is -3.27. The number of β-amino-alcohol motifs (C(OH)–C–C–N with tert-alkyl or cyclic N) is 1. The van der Waals surface area contributed by atoms with Crippen molar-refractivity contribution in [1.29, 1.82) is 0 Å². The van der Waals surface area contributed by atoms with Gasteiger partial charge in [-0.15, -0.1) is 11.6 Å².